The number of nitrogens with one attached hydrogen (secondary N) is 1. The zero-order valence-corrected chi connectivity index (χ0v) is 9.35. The first-order chi connectivity index (χ1) is 6.74. The Bertz CT molecular complexity index is 341. The minimum atomic E-state index is 0.582. The van der Waals surface area contributed by atoms with Crippen LogP contribution in [0.1, 0.15) is 41.6 Å². The highest BCUT2D eigenvalue weighted by Crippen LogP contribution is 2.30. The van der Waals surface area contributed by atoms with Gasteiger partial charge in [0.15, 0.2) is 0 Å². The Morgan fingerprint density at radius 3 is 2.71 bits per heavy atom. The predicted octanol–water partition coefficient (Wildman–Crippen LogP) is 2.90. The third kappa shape index (κ3) is 1.46. The topological polar surface area (TPSA) is 12.0 Å². The van der Waals surface area contributed by atoms with Crippen molar-refractivity contribution in [2.75, 3.05) is 6.54 Å². The molecule has 1 aliphatic heterocycles. The van der Waals surface area contributed by atoms with Gasteiger partial charge in [-0.3, -0.25) is 0 Å². The van der Waals surface area contributed by atoms with Crippen molar-refractivity contribution in [1.29, 1.82) is 0 Å². The molecule has 1 heteroatoms. The fourth-order valence-corrected chi connectivity index (χ4v) is 2.53. The Morgan fingerprint density at radius 2 is 2.00 bits per heavy atom. The van der Waals surface area contributed by atoms with Crippen molar-refractivity contribution in [3.63, 3.8) is 0 Å². The maximum atomic E-state index is 3.59. The van der Waals surface area contributed by atoms with Crippen LogP contribution in [0, 0.1) is 13.8 Å². The summed E-state index contributed by atoms with van der Waals surface area (Å²) < 4.78 is 0. The van der Waals surface area contributed by atoms with E-state index in [1.165, 1.54) is 24.0 Å². The third-order valence-electron chi connectivity index (χ3n) is 3.33. The molecule has 1 aliphatic rings. The summed E-state index contributed by atoms with van der Waals surface area (Å²) in [6, 6.07) is 5.09. The van der Waals surface area contributed by atoms with Gasteiger partial charge in [-0.05, 0) is 55.5 Å². The maximum absolute atomic E-state index is 3.59. The first-order valence-corrected chi connectivity index (χ1v) is 5.56. The molecule has 1 unspecified atom stereocenters. The van der Waals surface area contributed by atoms with Crippen LogP contribution in [0.2, 0.25) is 0 Å². The molecule has 0 aliphatic carbocycles. The molecular formula is C13H19N. The Kier molecular flexibility index (Phi) is 2.60. The number of benzene rings is 1. The van der Waals surface area contributed by atoms with Crippen LogP contribution >= 0.6 is 0 Å². The molecule has 0 saturated heterocycles. The van der Waals surface area contributed by atoms with E-state index in [4.69, 9.17) is 0 Å². The molecule has 14 heavy (non-hydrogen) atoms. The average molecular weight is 189 g/mol. The molecule has 1 atom stereocenters. The monoisotopic (exact) mass is 189 g/mol. The van der Waals surface area contributed by atoms with E-state index in [0.29, 0.717) is 6.04 Å². The van der Waals surface area contributed by atoms with Gasteiger partial charge in [0.25, 0.3) is 0 Å². The molecule has 0 bridgehead atoms. The van der Waals surface area contributed by atoms with E-state index in [9.17, 15) is 0 Å². The first kappa shape index (κ1) is 9.72. The fraction of sp³-hybridized carbons (Fsp3) is 0.538. The molecular weight excluding hydrogens is 170 g/mol. The largest absolute Gasteiger partial charge is 0.310 e. The van der Waals surface area contributed by atoms with E-state index in [0.717, 1.165) is 6.54 Å². The van der Waals surface area contributed by atoms with Gasteiger partial charge in [0.1, 0.15) is 0 Å². The number of aryl methyl sites for hydroxylation is 2. The molecule has 0 radical (unpaired) electrons. The summed E-state index contributed by atoms with van der Waals surface area (Å²) in [6.45, 7) is 7.86. The van der Waals surface area contributed by atoms with E-state index in [2.05, 4.69) is 38.2 Å². The second kappa shape index (κ2) is 3.74. The second-order valence-corrected chi connectivity index (χ2v) is 4.26. The van der Waals surface area contributed by atoms with Crippen LogP contribution in [-0.2, 0) is 6.42 Å². The molecule has 1 nitrogen and oxygen atoms in total. The van der Waals surface area contributed by atoms with Crippen LogP contribution in [0.3, 0.4) is 0 Å². The van der Waals surface area contributed by atoms with Crippen LogP contribution in [0.25, 0.3) is 0 Å². The van der Waals surface area contributed by atoms with Gasteiger partial charge in [-0.25, -0.2) is 0 Å². The van der Waals surface area contributed by atoms with Crippen LogP contribution in [0.15, 0.2) is 12.1 Å². The maximum Gasteiger partial charge on any atom is 0.0323 e. The standard InChI is InChI=1S/C13H19N/c1-4-12-13-10(3)6-5-9(2)11(13)7-8-14-12/h5-6,12,14H,4,7-8H2,1-3H3. The number of hydrogen-bond acceptors (Lipinski definition) is 1. The molecule has 0 spiro atoms. The molecule has 76 valence electrons. The van der Waals surface area contributed by atoms with Crippen LogP contribution in [-0.4, -0.2) is 6.54 Å². The van der Waals surface area contributed by atoms with Crippen molar-refractivity contribution in [3.8, 4) is 0 Å². The molecule has 0 amide bonds. The zero-order valence-electron chi connectivity index (χ0n) is 9.35. The third-order valence-corrected chi connectivity index (χ3v) is 3.33. The SMILES string of the molecule is CCC1NCCc2c(C)ccc(C)c21. The predicted molar refractivity (Wildman–Crippen MR) is 60.7 cm³/mol. The van der Waals surface area contributed by atoms with Crippen LogP contribution < -0.4 is 5.32 Å². The van der Waals surface area contributed by atoms with Gasteiger partial charge < -0.3 is 5.32 Å². The summed E-state index contributed by atoms with van der Waals surface area (Å²) in [5.41, 5.74) is 6.07. The van der Waals surface area contributed by atoms with E-state index in [1.54, 1.807) is 11.1 Å². The minimum absolute atomic E-state index is 0.582. The average Bonchev–Trinajstić information content (AvgIpc) is 2.23. The summed E-state index contributed by atoms with van der Waals surface area (Å²) in [6.07, 6.45) is 2.39. The Hall–Kier alpha value is -0.820. The normalized spacial score (nSPS) is 20.6. The molecule has 1 N–H and O–H groups in total. The molecule has 1 heterocycles. The number of hydrogen-bond donors (Lipinski definition) is 1. The fourth-order valence-electron chi connectivity index (χ4n) is 2.53. The van der Waals surface area contributed by atoms with Gasteiger partial charge in [0.05, 0.1) is 0 Å². The lowest BCUT2D eigenvalue weighted by Crippen LogP contribution is -2.30. The van der Waals surface area contributed by atoms with Crippen molar-refractivity contribution in [2.45, 2.75) is 39.7 Å². The Labute approximate surface area is 86.5 Å². The Balaban J connectivity index is 2.55. The van der Waals surface area contributed by atoms with E-state index >= 15 is 0 Å². The molecule has 1 aromatic carbocycles. The second-order valence-electron chi connectivity index (χ2n) is 4.26. The number of fused-ring (bicyclic) bond motifs is 1. The van der Waals surface area contributed by atoms with Gasteiger partial charge in [-0.2, -0.15) is 0 Å². The van der Waals surface area contributed by atoms with Gasteiger partial charge in [-0.1, -0.05) is 19.1 Å². The number of rotatable bonds is 1. The summed E-state index contributed by atoms with van der Waals surface area (Å²) in [7, 11) is 0. The lowest BCUT2D eigenvalue weighted by Gasteiger charge is -2.29. The Morgan fingerprint density at radius 1 is 1.29 bits per heavy atom. The van der Waals surface area contributed by atoms with E-state index in [1.807, 2.05) is 0 Å². The van der Waals surface area contributed by atoms with Crippen LogP contribution in [0.4, 0.5) is 0 Å². The van der Waals surface area contributed by atoms with Gasteiger partial charge >= 0.3 is 0 Å². The zero-order chi connectivity index (χ0) is 10.1. The first-order valence-electron chi connectivity index (χ1n) is 5.56. The van der Waals surface area contributed by atoms with Crippen molar-refractivity contribution in [1.82, 2.24) is 5.32 Å². The van der Waals surface area contributed by atoms with Gasteiger partial charge in [0, 0.05) is 6.04 Å². The summed E-state index contributed by atoms with van der Waals surface area (Å²) in [4.78, 5) is 0. The van der Waals surface area contributed by atoms with E-state index < -0.39 is 0 Å². The lowest BCUT2D eigenvalue weighted by molar-refractivity contribution is 0.489. The molecule has 0 aromatic heterocycles. The summed E-state index contributed by atoms with van der Waals surface area (Å²) in [5, 5.41) is 3.59. The smallest absolute Gasteiger partial charge is 0.0323 e. The van der Waals surface area contributed by atoms with Crippen molar-refractivity contribution in [2.24, 2.45) is 0 Å². The molecule has 1 aromatic rings. The van der Waals surface area contributed by atoms with Crippen molar-refractivity contribution >= 4 is 0 Å². The summed E-state index contributed by atoms with van der Waals surface area (Å²) in [5.74, 6) is 0. The van der Waals surface area contributed by atoms with Crippen molar-refractivity contribution in [3.05, 3.63) is 34.4 Å². The van der Waals surface area contributed by atoms with E-state index in [-0.39, 0.29) is 0 Å². The molecule has 2 rings (SSSR count). The minimum Gasteiger partial charge on any atom is -0.310 e. The highest BCUT2D eigenvalue weighted by atomic mass is 14.9. The molecule has 0 saturated carbocycles. The van der Waals surface area contributed by atoms with Gasteiger partial charge in [0.2, 0.25) is 0 Å². The molecule has 0 fully saturated rings. The summed E-state index contributed by atoms with van der Waals surface area (Å²) >= 11 is 0. The highest BCUT2D eigenvalue weighted by molar-refractivity contribution is 5.43. The van der Waals surface area contributed by atoms with Crippen LogP contribution in [0.5, 0.6) is 0 Å². The lowest BCUT2D eigenvalue weighted by atomic mass is 9.86. The highest BCUT2D eigenvalue weighted by Gasteiger charge is 2.20. The quantitative estimate of drug-likeness (QED) is 0.716. The van der Waals surface area contributed by atoms with Gasteiger partial charge in [-0.15, -0.1) is 0 Å². The van der Waals surface area contributed by atoms with Crippen molar-refractivity contribution < 1.29 is 0 Å².